The first-order chi connectivity index (χ1) is 13.5. The van der Waals surface area contributed by atoms with Crippen molar-refractivity contribution >= 4 is 17.4 Å². The number of nitrogens with zero attached hydrogens (tertiary/aromatic N) is 4. The van der Waals surface area contributed by atoms with Gasteiger partial charge in [-0.15, -0.1) is 0 Å². The summed E-state index contributed by atoms with van der Waals surface area (Å²) >= 11 is 1.57. The minimum atomic E-state index is -0.0618. The molecule has 0 aliphatic carbocycles. The van der Waals surface area contributed by atoms with E-state index < -0.39 is 0 Å². The van der Waals surface area contributed by atoms with E-state index in [-0.39, 0.29) is 5.56 Å². The molecule has 0 unspecified atom stereocenters. The smallest absolute Gasteiger partial charge is 0.258 e. The van der Waals surface area contributed by atoms with Gasteiger partial charge in [0, 0.05) is 36.1 Å². The van der Waals surface area contributed by atoms with Crippen molar-refractivity contribution in [1.82, 2.24) is 18.9 Å². The molecule has 0 fully saturated rings. The summed E-state index contributed by atoms with van der Waals surface area (Å²) in [4.78, 5) is 21.5. The number of hydrogen-bond donors (Lipinski definition) is 0. The number of rotatable bonds is 5. The molecule has 3 heterocycles. The molecule has 5 nitrogen and oxygen atoms in total. The topological polar surface area (TPSA) is 52.2 Å². The van der Waals surface area contributed by atoms with Crippen molar-refractivity contribution < 1.29 is 0 Å². The van der Waals surface area contributed by atoms with Crippen molar-refractivity contribution in [3.8, 4) is 5.69 Å². The summed E-state index contributed by atoms with van der Waals surface area (Å²) in [5, 5.41) is 0.878. The average Bonchev–Trinajstić information content (AvgIpc) is 3.14. The first-order valence-corrected chi connectivity index (χ1v) is 10.3. The van der Waals surface area contributed by atoms with Crippen molar-refractivity contribution in [2.24, 2.45) is 0 Å². The molecule has 0 aliphatic rings. The zero-order valence-corrected chi connectivity index (χ0v) is 17.0. The molecule has 0 radical (unpaired) electrons. The van der Waals surface area contributed by atoms with Gasteiger partial charge in [-0.2, -0.15) is 0 Å². The van der Waals surface area contributed by atoms with E-state index in [1.807, 2.05) is 25.3 Å². The van der Waals surface area contributed by atoms with Crippen molar-refractivity contribution in [3.05, 3.63) is 88.2 Å². The van der Waals surface area contributed by atoms with E-state index in [0.717, 1.165) is 22.1 Å². The molecule has 4 aromatic rings. The summed E-state index contributed by atoms with van der Waals surface area (Å²) in [7, 11) is 0. The van der Waals surface area contributed by atoms with E-state index in [0.29, 0.717) is 17.3 Å². The Labute approximate surface area is 168 Å². The zero-order chi connectivity index (χ0) is 19.7. The number of hydrogen-bond acceptors (Lipinski definition) is 4. The van der Waals surface area contributed by atoms with Gasteiger partial charge in [0.25, 0.3) is 5.56 Å². The van der Waals surface area contributed by atoms with Crippen LogP contribution in [0.4, 0.5) is 0 Å². The molecular formula is C22H22N4OS. The predicted molar refractivity (Wildman–Crippen MR) is 113 cm³/mol. The van der Waals surface area contributed by atoms with Gasteiger partial charge in [-0.3, -0.25) is 13.8 Å². The second-order valence-corrected chi connectivity index (χ2v) is 8.08. The summed E-state index contributed by atoms with van der Waals surface area (Å²) in [6.07, 6.45) is 5.52. The van der Waals surface area contributed by atoms with Crippen molar-refractivity contribution in [1.29, 1.82) is 0 Å². The Bertz CT molecular complexity index is 1180. The van der Waals surface area contributed by atoms with Gasteiger partial charge in [-0.25, -0.2) is 9.97 Å². The van der Waals surface area contributed by atoms with Crippen LogP contribution in [0.3, 0.4) is 0 Å². The van der Waals surface area contributed by atoms with Crippen molar-refractivity contribution in [3.63, 3.8) is 0 Å². The molecule has 142 valence electrons. The van der Waals surface area contributed by atoms with Crippen LogP contribution in [0.15, 0.2) is 71.0 Å². The van der Waals surface area contributed by atoms with Crippen molar-refractivity contribution in [2.45, 2.75) is 37.6 Å². The highest BCUT2D eigenvalue weighted by Crippen LogP contribution is 2.24. The van der Waals surface area contributed by atoms with E-state index in [4.69, 9.17) is 0 Å². The lowest BCUT2D eigenvalue weighted by Gasteiger charge is -2.10. The summed E-state index contributed by atoms with van der Waals surface area (Å²) in [6, 6.07) is 14.0. The first kappa shape index (κ1) is 18.5. The number of aryl methyl sites for hydroxylation is 1. The van der Waals surface area contributed by atoms with Gasteiger partial charge < -0.3 is 0 Å². The Kier molecular flexibility index (Phi) is 5.05. The molecule has 0 spiro atoms. The average molecular weight is 391 g/mol. The standard InChI is InChI=1S/C22H22N4OS/c1-15(2)17-4-6-19(7-5-17)25-11-9-23-22(25)28-14-18-13-21(27)26-10-8-16(3)12-20(26)24-18/h4-13,15H,14H2,1-3H3. The fraction of sp³-hybridized carbons (Fsp3) is 0.227. The minimum absolute atomic E-state index is 0.0618. The van der Waals surface area contributed by atoms with E-state index in [2.05, 4.69) is 52.6 Å². The molecule has 0 aliphatic heterocycles. The fourth-order valence-electron chi connectivity index (χ4n) is 3.08. The number of aromatic nitrogens is 4. The van der Waals surface area contributed by atoms with E-state index >= 15 is 0 Å². The zero-order valence-electron chi connectivity index (χ0n) is 16.2. The van der Waals surface area contributed by atoms with Gasteiger partial charge in [0.2, 0.25) is 0 Å². The molecule has 1 aromatic carbocycles. The molecule has 0 amide bonds. The molecule has 4 rings (SSSR count). The van der Waals surface area contributed by atoms with Crippen LogP contribution >= 0.6 is 11.8 Å². The van der Waals surface area contributed by atoms with E-state index in [9.17, 15) is 4.79 Å². The lowest BCUT2D eigenvalue weighted by molar-refractivity contribution is 0.858. The third-order valence-corrected chi connectivity index (χ3v) is 5.67. The number of pyridine rings is 1. The molecule has 0 N–H and O–H groups in total. The SMILES string of the molecule is Cc1ccn2c(=O)cc(CSc3nccn3-c3ccc(C(C)C)cc3)nc2c1. The molecule has 6 heteroatoms. The maximum absolute atomic E-state index is 12.3. The third-order valence-electron chi connectivity index (χ3n) is 4.67. The van der Waals surface area contributed by atoms with E-state index in [1.165, 1.54) is 5.56 Å². The predicted octanol–water partition coefficient (Wildman–Crippen LogP) is 4.60. The number of fused-ring (bicyclic) bond motifs is 1. The Morgan fingerprint density at radius 2 is 1.86 bits per heavy atom. The maximum Gasteiger partial charge on any atom is 0.258 e. The fourth-order valence-corrected chi connectivity index (χ4v) is 3.94. The summed E-state index contributed by atoms with van der Waals surface area (Å²) < 4.78 is 3.63. The molecule has 0 bridgehead atoms. The van der Waals surface area contributed by atoms with Crippen LogP contribution in [0.5, 0.6) is 0 Å². The Morgan fingerprint density at radius 3 is 2.61 bits per heavy atom. The van der Waals surface area contributed by atoms with E-state index in [1.54, 1.807) is 34.6 Å². The molecule has 0 atom stereocenters. The van der Waals surface area contributed by atoms with Crippen molar-refractivity contribution in [2.75, 3.05) is 0 Å². The maximum atomic E-state index is 12.3. The first-order valence-electron chi connectivity index (χ1n) is 9.27. The Balaban J connectivity index is 1.57. The van der Waals surface area contributed by atoms with Crippen LogP contribution < -0.4 is 5.56 Å². The van der Waals surface area contributed by atoms with Gasteiger partial charge in [0.05, 0.1) is 5.69 Å². The molecule has 28 heavy (non-hydrogen) atoms. The summed E-state index contributed by atoms with van der Waals surface area (Å²) in [6.45, 7) is 6.37. The molecule has 0 saturated heterocycles. The quantitative estimate of drug-likeness (QED) is 0.467. The van der Waals surface area contributed by atoms with Gasteiger partial charge in [0.1, 0.15) is 5.65 Å². The highest BCUT2D eigenvalue weighted by molar-refractivity contribution is 7.98. The largest absolute Gasteiger partial charge is 0.295 e. The molecular weight excluding hydrogens is 368 g/mol. The minimum Gasteiger partial charge on any atom is -0.295 e. The lowest BCUT2D eigenvalue weighted by Crippen LogP contribution is -2.15. The molecule has 3 aromatic heterocycles. The second-order valence-electron chi connectivity index (χ2n) is 7.13. The number of benzene rings is 1. The van der Waals surface area contributed by atoms with Crippen LogP contribution in [0, 0.1) is 6.92 Å². The summed E-state index contributed by atoms with van der Waals surface area (Å²) in [5.74, 6) is 1.09. The number of thioether (sulfide) groups is 1. The number of imidazole rings is 1. The second kappa shape index (κ2) is 7.64. The normalized spacial score (nSPS) is 11.4. The van der Waals surface area contributed by atoms with Gasteiger partial charge >= 0.3 is 0 Å². The Morgan fingerprint density at radius 1 is 1.07 bits per heavy atom. The van der Waals surface area contributed by atoms with Crippen LogP contribution in [0.2, 0.25) is 0 Å². The van der Waals surface area contributed by atoms with Gasteiger partial charge in [-0.1, -0.05) is 37.7 Å². The van der Waals surface area contributed by atoms with Gasteiger partial charge in [0.15, 0.2) is 5.16 Å². The Hall–Kier alpha value is -2.86. The lowest BCUT2D eigenvalue weighted by atomic mass is 10.0. The van der Waals surface area contributed by atoms with Crippen LogP contribution in [0.25, 0.3) is 11.3 Å². The van der Waals surface area contributed by atoms with Crippen LogP contribution in [-0.4, -0.2) is 18.9 Å². The van der Waals surface area contributed by atoms with Crippen LogP contribution in [-0.2, 0) is 5.75 Å². The third kappa shape index (κ3) is 3.73. The van der Waals surface area contributed by atoms with Crippen LogP contribution in [0.1, 0.15) is 36.6 Å². The van der Waals surface area contributed by atoms with Gasteiger partial charge in [-0.05, 0) is 48.2 Å². The summed E-state index contributed by atoms with van der Waals surface area (Å²) in [5.41, 5.74) is 4.84. The molecule has 0 saturated carbocycles. The highest BCUT2D eigenvalue weighted by Gasteiger charge is 2.09. The monoisotopic (exact) mass is 390 g/mol. The highest BCUT2D eigenvalue weighted by atomic mass is 32.2.